The molecule has 1 fully saturated rings. The summed E-state index contributed by atoms with van der Waals surface area (Å²) in [4.78, 5) is 19.9. The maximum atomic E-state index is 10.9. The normalized spacial score (nSPS) is 18.8. The summed E-state index contributed by atoms with van der Waals surface area (Å²) in [7, 11) is 0. The minimum atomic E-state index is -0.821. The Morgan fingerprint density at radius 3 is 2.94 bits per heavy atom. The molecule has 5 heteroatoms. The van der Waals surface area contributed by atoms with Crippen molar-refractivity contribution >= 4 is 5.97 Å². The Bertz CT molecular complexity index is 469. The largest absolute Gasteiger partial charge is 0.481 e. The molecule has 17 heavy (non-hydrogen) atoms. The lowest BCUT2D eigenvalue weighted by Gasteiger charge is -2.19. The zero-order valence-corrected chi connectivity index (χ0v) is 9.57. The fourth-order valence-corrected chi connectivity index (χ4v) is 2.25. The molecule has 0 spiro atoms. The van der Waals surface area contributed by atoms with E-state index in [0.717, 1.165) is 42.9 Å². The third-order valence-corrected chi connectivity index (χ3v) is 3.30. The van der Waals surface area contributed by atoms with Gasteiger partial charge in [0, 0.05) is 31.0 Å². The van der Waals surface area contributed by atoms with Crippen LogP contribution in [0.25, 0.3) is 0 Å². The number of nitrogens with zero attached hydrogens (tertiary/aromatic N) is 2. The monoisotopic (exact) mass is 233 g/mol. The molecule has 0 bridgehead atoms. The maximum absolute atomic E-state index is 10.9. The van der Waals surface area contributed by atoms with Crippen LogP contribution in [0.4, 0.5) is 0 Å². The molecule has 2 heterocycles. The Balaban J connectivity index is 2.02. The van der Waals surface area contributed by atoms with E-state index in [1.807, 2.05) is 0 Å². The van der Waals surface area contributed by atoms with Crippen LogP contribution >= 0.6 is 0 Å². The Morgan fingerprint density at radius 2 is 2.24 bits per heavy atom. The first-order valence-electron chi connectivity index (χ1n) is 6.05. The number of hydrogen-bond acceptors (Lipinski definition) is 4. The predicted molar refractivity (Wildman–Crippen MR) is 60.8 cm³/mol. The van der Waals surface area contributed by atoms with Crippen LogP contribution in [0.2, 0.25) is 0 Å². The summed E-state index contributed by atoms with van der Waals surface area (Å²) < 4.78 is 0. The summed E-state index contributed by atoms with van der Waals surface area (Å²) in [6, 6.07) is 0. The van der Waals surface area contributed by atoms with Crippen LogP contribution in [0, 0.1) is 0 Å². The number of hydrogen-bond donors (Lipinski definition) is 2. The molecule has 0 saturated heterocycles. The summed E-state index contributed by atoms with van der Waals surface area (Å²) in [5, 5.41) is 12.2. The van der Waals surface area contributed by atoms with E-state index < -0.39 is 5.97 Å². The van der Waals surface area contributed by atoms with Crippen LogP contribution in [0.5, 0.6) is 0 Å². The van der Waals surface area contributed by atoms with Gasteiger partial charge in [0.05, 0.1) is 17.8 Å². The third-order valence-electron chi connectivity index (χ3n) is 3.30. The first-order valence-corrected chi connectivity index (χ1v) is 6.05. The van der Waals surface area contributed by atoms with E-state index in [1.54, 1.807) is 0 Å². The lowest BCUT2D eigenvalue weighted by atomic mass is 10.0. The molecule has 1 aliphatic heterocycles. The molecule has 5 nitrogen and oxygen atoms in total. The van der Waals surface area contributed by atoms with Crippen molar-refractivity contribution in [2.45, 2.75) is 38.1 Å². The smallest absolute Gasteiger partial charge is 0.309 e. The van der Waals surface area contributed by atoms with Crippen molar-refractivity contribution < 1.29 is 9.90 Å². The van der Waals surface area contributed by atoms with Gasteiger partial charge in [0.15, 0.2) is 0 Å². The summed E-state index contributed by atoms with van der Waals surface area (Å²) in [5.74, 6) is 0.517. The van der Waals surface area contributed by atoms with Gasteiger partial charge in [0.2, 0.25) is 0 Å². The van der Waals surface area contributed by atoms with Gasteiger partial charge in [-0.15, -0.1) is 0 Å². The molecule has 0 unspecified atom stereocenters. The van der Waals surface area contributed by atoms with E-state index in [9.17, 15) is 4.79 Å². The minimum absolute atomic E-state index is 0.00620. The summed E-state index contributed by atoms with van der Waals surface area (Å²) in [5.41, 5.74) is 2.76. The van der Waals surface area contributed by atoms with Gasteiger partial charge in [-0.1, -0.05) is 0 Å². The Morgan fingerprint density at radius 1 is 1.41 bits per heavy atom. The second kappa shape index (κ2) is 4.07. The zero-order chi connectivity index (χ0) is 11.8. The molecule has 2 N–H and O–H groups in total. The van der Waals surface area contributed by atoms with Crippen molar-refractivity contribution in [3.8, 4) is 0 Å². The Labute approximate surface area is 99.3 Å². The van der Waals surface area contributed by atoms with Gasteiger partial charge in [-0.05, 0) is 12.8 Å². The highest BCUT2D eigenvalue weighted by molar-refractivity contribution is 5.70. The molecule has 1 saturated carbocycles. The van der Waals surface area contributed by atoms with Gasteiger partial charge < -0.3 is 10.4 Å². The standard InChI is InChI=1S/C12H15N3O2/c16-11(17)5-10-8-6-13-4-3-9(8)14-12(15-10)7-1-2-7/h7,13H,1-6H2,(H,16,17). The number of carboxylic acids is 1. The Kier molecular flexibility index (Phi) is 2.55. The number of fused-ring (bicyclic) bond motifs is 1. The van der Waals surface area contributed by atoms with E-state index in [2.05, 4.69) is 15.3 Å². The molecule has 0 radical (unpaired) electrons. The lowest BCUT2D eigenvalue weighted by molar-refractivity contribution is -0.136. The molecule has 1 aliphatic carbocycles. The highest BCUT2D eigenvalue weighted by Gasteiger charge is 2.29. The van der Waals surface area contributed by atoms with Crippen molar-refractivity contribution in [2.75, 3.05) is 6.54 Å². The predicted octanol–water partition coefficient (Wildman–Crippen LogP) is 0.627. The SMILES string of the molecule is O=C(O)Cc1nc(C2CC2)nc2c1CNCC2. The van der Waals surface area contributed by atoms with E-state index >= 15 is 0 Å². The summed E-state index contributed by atoms with van der Waals surface area (Å²) >= 11 is 0. The summed E-state index contributed by atoms with van der Waals surface area (Å²) in [6.07, 6.45) is 3.17. The van der Waals surface area contributed by atoms with Crippen LogP contribution < -0.4 is 5.32 Å². The van der Waals surface area contributed by atoms with E-state index in [0.29, 0.717) is 18.2 Å². The van der Waals surface area contributed by atoms with Gasteiger partial charge in [-0.25, -0.2) is 9.97 Å². The van der Waals surface area contributed by atoms with Gasteiger partial charge >= 0.3 is 5.97 Å². The van der Waals surface area contributed by atoms with Crippen molar-refractivity contribution in [3.05, 3.63) is 22.8 Å². The van der Waals surface area contributed by atoms with Gasteiger partial charge in [-0.3, -0.25) is 4.79 Å². The fraction of sp³-hybridized carbons (Fsp3) is 0.583. The molecule has 0 aromatic carbocycles. The first kappa shape index (κ1) is 10.7. The third kappa shape index (κ3) is 2.15. The van der Waals surface area contributed by atoms with Crippen molar-refractivity contribution in [2.24, 2.45) is 0 Å². The molecule has 1 aromatic heterocycles. The van der Waals surface area contributed by atoms with E-state index in [-0.39, 0.29) is 6.42 Å². The van der Waals surface area contributed by atoms with Gasteiger partial charge in [0.25, 0.3) is 0 Å². The second-order valence-corrected chi connectivity index (χ2v) is 4.73. The lowest BCUT2D eigenvalue weighted by Crippen LogP contribution is -2.27. The van der Waals surface area contributed by atoms with E-state index in [4.69, 9.17) is 5.11 Å². The van der Waals surface area contributed by atoms with Crippen molar-refractivity contribution in [1.29, 1.82) is 0 Å². The molecule has 90 valence electrons. The van der Waals surface area contributed by atoms with E-state index in [1.165, 1.54) is 0 Å². The number of nitrogens with one attached hydrogen (secondary N) is 1. The first-order chi connectivity index (χ1) is 8.24. The van der Waals surface area contributed by atoms with Crippen LogP contribution in [0.3, 0.4) is 0 Å². The highest BCUT2D eigenvalue weighted by atomic mass is 16.4. The molecular weight excluding hydrogens is 218 g/mol. The number of carboxylic acid groups (broad SMARTS) is 1. The van der Waals surface area contributed by atoms with Gasteiger partial charge in [-0.2, -0.15) is 0 Å². The quantitative estimate of drug-likeness (QED) is 0.800. The second-order valence-electron chi connectivity index (χ2n) is 4.73. The number of carbonyl (C=O) groups is 1. The zero-order valence-electron chi connectivity index (χ0n) is 9.57. The fourth-order valence-electron chi connectivity index (χ4n) is 2.25. The van der Waals surface area contributed by atoms with Crippen LogP contribution in [0.15, 0.2) is 0 Å². The van der Waals surface area contributed by atoms with Crippen molar-refractivity contribution in [1.82, 2.24) is 15.3 Å². The Hall–Kier alpha value is -1.49. The average molecular weight is 233 g/mol. The van der Waals surface area contributed by atoms with Crippen LogP contribution in [-0.4, -0.2) is 27.6 Å². The number of aliphatic carboxylic acids is 1. The average Bonchev–Trinajstić information content (AvgIpc) is 3.12. The minimum Gasteiger partial charge on any atom is -0.481 e. The molecule has 3 rings (SSSR count). The number of rotatable bonds is 3. The number of aromatic nitrogens is 2. The summed E-state index contributed by atoms with van der Waals surface area (Å²) in [6.45, 7) is 1.61. The van der Waals surface area contributed by atoms with Crippen molar-refractivity contribution in [3.63, 3.8) is 0 Å². The molecular formula is C12H15N3O2. The van der Waals surface area contributed by atoms with Crippen LogP contribution in [0.1, 0.15) is 41.5 Å². The van der Waals surface area contributed by atoms with Crippen LogP contribution in [-0.2, 0) is 24.2 Å². The highest BCUT2D eigenvalue weighted by Crippen LogP contribution is 2.38. The molecule has 1 aromatic rings. The van der Waals surface area contributed by atoms with Gasteiger partial charge in [0.1, 0.15) is 5.82 Å². The topological polar surface area (TPSA) is 75.1 Å². The molecule has 0 atom stereocenters. The molecule has 0 amide bonds. The maximum Gasteiger partial charge on any atom is 0.309 e. The molecule has 2 aliphatic rings.